The molecule has 0 saturated carbocycles. The van der Waals surface area contributed by atoms with Gasteiger partial charge in [0.2, 0.25) is 0 Å². The maximum absolute atomic E-state index is 11.5. The first kappa shape index (κ1) is 15.4. The van der Waals surface area contributed by atoms with E-state index in [0.717, 1.165) is 0 Å². The summed E-state index contributed by atoms with van der Waals surface area (Å²) in [6.45, 7) is 12.7. The summed E-state index contributed by atoms with van der Waals surface area (Å²) in [5.74, 6) is 0.233. The largest absolute Gasteiger partial charge is 0.489 e. The van der Waals surface area contributed by atoms with Gasteiger partial charge in [-0.2, -0.15) is 0 Å². The quantitative estimate of drug-likeness (QED) is 0.801. The van der Waals surface area contributed by atoms with Crippen molar-refractivity contribution in [3.8, 4) is 0 Å². The second-order valence-corrected chi connectivity index (χ2v) is 11.1. The van der Waals surface area contributed by atoms with Gasteiger partial charge >= 0.3 is 0 Å². The van der Waals surface area contributed by atoms with Gasteiger partial charge < -0.3 is 14.3 Å². The van der Waals surface area contributed by atoms with Crippen molar-refractivity contribution < 1.29 is 19.1 Å². The van der Waals surface area contributed by atoms with E-state index in [1.165, 1.54) is 6.08 Å². The molecule has 0 aliphatic carbocycles. The van der Waals surface area contributed by atoms with Crippen LogP contribution >= 0.6 is 0 Å². The highest BCUT2D eigenvalue weighted by Gasteiger charge is 2.39. The molecule has 0 unspecified atom stereocenters. The van der Waals surface area contributed by atoms with Crippen LogP contribution in [0.3, 0.4) is 0 Å². The van der Waals surface area contributed by atoms with Crippen LogP contribution in [-0.2, 0) is 14.0 Å². The number of rotatable bonds is 3. The molecule has 4 nitrogen and oxygen atoms in total. The van der Waals surface area contributed by atoms with Crippen molar-refractivity contribution in [1.29, 1.82) is 0 Å². The Morgan fingerprint density at radius 1 is 1.44 bits per heavy atom. The highest BCUT2D eigenvalue weighted by Crippen LogP contribution is 2.36. The summed E-state index contributed by atoms with van der Waals surface area (Å²) in [5, 5.41) is 9.87. The van der Waals surface area contributed by atoms with Crippen LogP contribution in [0.15, 0.2) is 11.8 Å². The number of hydrogen-bond acceptors (Lipinski definition) is 4. The van der Waals surface area contributed by atoms with E-state index in [1.807, 2.05) is 0 Å². The molecule has 1 aliphatic rings. The molecule has 0 aromatic rings. The first-order chi connectivity index (χ1) is 8.04. The fourth-order valence-corrected chi connectivity index (χ4v) is 2.45. The fourth-order valence-electron chi connectivity index (χ4n) is 1.44. The molecule has 1 rings (SSSR count). The van der Waals surface area contributed by atoms with Crippen LogP contribution in [0.2, 0.25) is 18.1 Å². The van der Waals surface area contributed by atoms with Crippen molar-refractivity contribution in [2.24, 2.45) is 0 Å². The van der Waals surface area contributed by atoms with Gasteiger partial charge in [-0.25, -0.2) is 0 Å². The average Bonchev–Trinajstić information content (AvgIpc) is 2.19. The molecule has 0 aromatic heterocycles. The molecule has 1 heterocycles. The van der Waals surface area contributed by atoms with E-state index in [2.05, 4.69) is 33.9 Å². The molecule has 0 fully saturated rings. The summed E-state index contributed by atoms with van der Waals surface area (Å²) in [4.78, 5) is 11.5. The number of carbonyl (C=O) groups excluding carboxylic acids is 1. The molecule has 18 heavy (non-hydrogen) atoms. The van der Waals surface area contributed by atoms with Crippen molar-refractivity contribution in [2.45, 2.75) is 58.0 Å². The smallest absolute Gasteiger partial charge is 0.192 e. The lowest BCUT2D eigenvalue weighted by Gasteiger charge is -2.38. The minimum absolute atomic E-state index is 0.0987. The SMILES string of the molecule is CC1=CC(=O)[C@H](O)[C@@H](CO[Si](C)(C)C(C)(C)C)O1. The van der Waals surface area contributed by atoms with Crippen LogP contribution in [0.5, 0.6) is 0 Å². The monoisotopic (exact) mass is 272 g/mol. The van der Waals surface area contributed by atoms with Gasteiger partial charge in [-0.15, -0.1) is 0 Å². The number of carbonyl (C=O) groups is 1. The second-order valence-electron chi connectivity index (χ2n) is 6.33. The molecule has 0 spiro atoms. The van der Waals surface area contributed by atoms with E-state index in [9.17, 15) is 9.90 Å². The Bertz CT molecular complexity index is 354. The zero-order valence-electron chi connectivity index (χ0n) is 12.1. The maximum atomic E-state index is 11.5. The number of aliphatic hydroxyl groups is 1. The molecule has 0 amide bonds. The van der Waals surface area contributed by atoms with Gasteiger partial charge in [-0.05, 0) is 25.1 Å². The van der Waals surface area contributed by atoms with Crippen LogP contribution in [0.1, 0.15) is 27.7 Å². The zero-order chi connectivity index (χ0) is 14.1. The van der Waals surface area contributed by atoms with Crippen molar-refractivity contribution in [3.63, 3.8) is 0 Å². The van der Waals surface area contributed by atoms with E-state index in [-0.39, 0.29) is 17.4 Å². The van der Waals surface area contributed by atoms with Crippen LogP contribution in [-0.4, -0.2) is 38.0 Å². The zero-order valence-corrected chi connectivity index (χ0v) is 13.1. The standard InChI is InChI=1S/C13H24O4Si/c1-9-7-10(14)12(15)11(17-9)8-16-18(5,6)13(2,3)4/h7,11-12,15H,8H2,1-6H3/t11-,12+/m1/s1. The summed E-state index contributed by atoms with van der Waals surface area (Å²) in [6.07, 6.45) is -0.372. The third kappa shape index (κ3) is 3.43. The lowest BCUT2D eigenvalue weighted by molar-refractivity contribution is -0.134. The molecular formula is C13H24O4Si. The van der Waals surface area contributed by atoms with E-state index < -0.39 is 20.5 Å². The van der Waals surface area contributed by atoms with E-state index in [0.29, 0.717) is 5.76 Å². The Balaban J connectivity index is 2.65. The van der Waals surface area contributed by atoms with E-state index in [1.54, 1.807) is 6.92 Å². The van der Waals surface area contributed by atoms with Crippen molar-refractivity contribution in [3.05, 3.63) is 11.8 Å². The molecule has 1 aliphatic heterocycles. The third-order valence-corrected chi connectivity index (χ3v) is 8.24. The first-order valence-corrected chi connectivity index (χ1v) is 9.16. The highest BCUT2D eigenvalue weighted by molar-refractivity contribution is 6.74. The Hall–Kier alpha value is -0.653. The molecule has 0 aromatic carbocycles. The van der Waals surface area contributed by atoms with Gasteiger partial charge in [0.1, 0.15) is 0 Å². The topological polar surface area (TPSA) is 55.8 Å². The van der Waals surface area contributed by atoms with Gasteiger partial charge in [-0.1, -0.05) is 20.8 Å². The van der Waals surface area contributed by atoms with Gasteiger partial charge in [-0.3, -0.25) is 4.79 Å². The molecule has 5 heteroatoms. The minimum atomic E-state index is -1.88. The summed E-state index contributed by atoms with van der Waals surface area (Å²) in [6, 6.07) is 0. The summed E-state index contributed by atoms with van der Waals surface area (Å²) < 4.78 is 11.4. The average molecular weight is 272 g/mol. The van der Waals surface area contributed by atoms with Gasteiger partial charge in [0.15, 0.2) is 26.3 Å². The summed E-state index contributed by atoms with van der Waals surface area (Å²) in [7, 11) is -1.88. The first-order valence-electron chi connectivity index (χ1n) is 6.25. The van der Waals surface area contributed by atoms with Crippen molar-refractivity contribution in [1.82, 2.24) is 0 Å². The third-order valence-electron chi connectivity index (χ3n) is 3.74. The molecule has 1 N–H and O–H groups in total. The van der Waals surface area contributed by atoms with Crippen LogP contribution in [0.4, 0.5) is 0 Å². The van der Waals surface area contributed by atoms with Crippen molar-refractivity contribution >= 4 is 14.1 Å². The number of aliphatic hydroxyl groups excluding tert-OH is 1. The molecule has 0 saturated heterocycles. The lowest BCUT2D eigenvalue weighted by atomic mass is 10.1. The molecule has 104 valence electrons. The Morgan fingerprint density at radius 2 is 2.00 bits per heavy atom. The van der Waals surface area contributed by atoms with Crippen LogP contribution in [0, 0.1) is 0 Å². The van der Waals surface area contributed by atoms with Crippen LogP contribution < -0.4 is 0 Å². The van der Waals surface area contributed by atoms with Crippen LogP contribution in [0.25, 0.3) is 0 Å². The Morgan fingerprint density at radius 3 is 2.50 bits per heavy atom. The number of allylic oxidation sites excluding steroid dienone is 1. The molecule has 0 bridgehead atoms. The highest BCUT2D eigenvalue weighted by atomic mass is 28.4. The Kier molecular flexibility index (Phi) is 4.41. The lowest BCUT2D eigenvalue weighted by Crippen LogP contribution is -2.47. The molecule has 0 radical (unpaired) electrons. The van der Waals surface area contributed by atoms with E-state index in [4.69, 9.17) is 9.16 Å². The van der Waals surface area contributed by atoms with Gasteiger partial charge in [0.25, 0.3) is 0 Å². The number of hydrogen-bond donors (Lipinski definition) is 1. The minimum Gasteiger partial charge on any atom is -0.489 e. The Labute approximate surface area is 110 Å². The number of ketones is 1. The van der Waals surface area contributed by atoms with Gasteiger partial charge in [0, 0.05) is 6.08 Å². The van der Waals surface area contributed by atoms with Crippen molar-refractivity contribution in [2.75, 3.05) is 6.61 Å². The predicted molar refractivity (Wildman–Crippen MR) is 72.8 cm³/mol. The summed E-state index contributed by atoms with van der Waals surface area (Å²) >= 11 is 0. The van der Waals surface area contributed by atoms with E-state index >= 15 is 0 Å². The second kappa shape index (κ2) is 5.15. The normalized spacial score (nSPS) is 25.7. The molecular weight excluding hydrogens is 248 g/mol. The summed E-state index contributed by atoms with van der Waals surface area (Å²) in [5.41, 5.74) is 0. The maximum Gasteiger partial charge on any atom is 0.192 e. The number of ether oxygens (including phenoxy) is 1. The molecule has 2 atom stereocenters. The fraction of sp³-hybridized carbons (Fsp3) is 0.769. The predicted octanol–water partition coefficient (Wildman–Crippen LogP) is 2.24. The van der Waals surface area contributed by atoms with Gasteiger partial charge in [0.05, 0.1) is 12.4 Å².